The van der Waals surface area contributed by atoms with E-state index in [0.29, 0.717) is 34.9 Å². The Bertz CT molecular complexity index is 1810. The number of aliphatic hydroxyl groups is 1. The number of aliphatic hydroxyl groups excluding tert-OH is 1. The van der Waals surface area contributed by atoms with Gasteiger partial charge in [0.1, 0.15) is 30.8 Å². The first-order valence-electron chi connectivity index (χ1n) is 17.2. The van der Waals surface area contributed by atoms with Crippen LogP contribution in [0.4, 0.5) is 0 Å². The summed E-state index contributed by atoms with van der Waals surface area (Å²) in [7, 11) is 0. The first-order chi connectivity index (χ1) is 24.3. The van der Waals surface area contributed by atoms with E-state index < -0.39 is 18.6 Å². The van der Waals surface area contributed by atoms with Crippen LogP contribution in [0.2, 0.25) is 5.02 Å². The number of carbonyl (C=O) groups excluding carboxylic acids is 1. The second-order valence-corrected chi connectivity index (χ2v) is 14.1. The Balaban J connectivity index is 1.17. The van der Waals surface area contributed by atoms with Gasteiger partial charge in [-0.25, -0.2) is 0 Å². The molecule has 0 aliphatic carbocycles. The summed E-state index contributed by atoms with van der Waals surface area (Å²) in [5.74, 6) is -0.360. The molecular formula is C37H43BrClN5O6. The molecule has 4 N–H and O–H groups in total. The van der Waals surface area contributed by atoms with Gasteiger partial charge in [0, 0.05) is 46.6 Å². The number of halogens is 2. The van der Waals surface area contributed by atoms with Crippen LogP contribution in [0.1, 0.15) is 49.7 Å². The lowest BCUT2D eigenvalue weighted by Gasteiger charge is -2.19. The highest BCUT2D eigenvalue weighted by Gasteiger charge is 2.23. The fourth-order valence-electron chi connectivity index (χ4n) is 6.59. The van der Waals surface area contributed by atoms with Crippen LogP contribution in [-0.4, -0.2) is 81.7 Å². The molecule has 0 bridgehead atoms. The maximum atomic E-state index is 11.7. The number of aromatic nitrogens is 2. The minimum absolute atomic E-state index is 0.0194. The van der Waals surface area contributed by atoms with Gasteiger partial charge >= 0.3 is 5.97 Å². The van der Waals surface area contributed by atoms with Crippen molar-refractivity contribution in [1.29, 1.82) is 0 Å². The van der Waals surface area contributed by atoms with Crippen LogP contribution in [0.3, 0.4) is 0 Å². The summed E-state index contributed by atoms with van der Waals surface area (Å²) >= 11 is 10.5. The van der Waals surface area contributed by atoms with E-state index in [2.05, 4.69) is 60.4 Å². The first-order valence-corrected chi connectivity index (χ1v) is 18.4. The molecule has 0 spiro atoms. The highest BCUT2D eigenvalue weighted by Crippen LogP contribution is 2.38. The molecule has 50 heavy (non-hydrogen) atoms. The number of likely N-dealkylation sites (tertiary alicyclic amines) is 1. The molecular weight excluding hydrogens is 726 g/mol. The molecule has 1 amide bonds. The summed E-state index contributed by atoms with van der Waals surface area (Å²) in [6.07, 6.45) is 7.94. The van der Waals surface area contributed by atoms with E-state index in [9.17, 15) is 19.8 Å². The van der Waals surface area contributed by atoms with E-state index in [1.807, 2.05) is 18.3 Å². The van der Waals surface area contributed by atoms with Gasteiger partial charge in [0.2, 0.25) is 5.91 Å². The molecule has 4 aromatic rings. The number of aryl methyl sites for hydroxylation is 1. The maximum Gasteiger partial charge on any atom is 0.323 e. The van der Waals surface area contributed by atoms with Gasteiger partial charge in [0.25, 0.3) is 0 Å². The predicted molar refractivity (Wildman–Crippen MR) is 196 cm³/mol. The molecule has 266 valence electrons. The zero-order chi connectivity index (χ0) is 35.0. The molecule has 3 aromatic carbocycles. The summed E-state index contributed by atoms with van der Waals surface area (Å²) in [6.45, 7) is 4.45. The van der Waals surface area contributed by atoms with E-state index in [0.717, 1.165) is 51.6 Å². The number of nitrogens with one attached hydrogen (secondary N) is 2. The molecule has 2 saturated heterocycles. The van der Waals surface area contributed by atoms with Crippen molar-refractivity contribution in [3.63, 3.8) is 0 Å². The molecule has 13 heteroatoms. The van der Waals surface area contributed by atoms with Crippen LogP contribution >= 0.6 is 27.5 Å². The largest absolute Gasteiger partial charge is 0.491 e. The van der Waals surface area contributed by atoms with E-state index in [1.165, 1.54) is 32.4 Å². The summed E-state index contributed by atoms with van der Waals surface area (Å²) in [6, 6.07) is 14.4. The summed E-state index contributed by atoms with van der Waals surface area (Å²) in [4.78, 5) is 25.7. The van der Waals surface area contributed by atoms with Gasteiger partial charge in [-0.3, -0.25) is 19.6 Å². The fourth-order valence-corrected chi connectivity index (χ4v) is 7.42. The van der Waals surface area contributed by atoms with Crippen molar-refractivity contribution in [3.05, 3.63) is 75.4 Å². The van der Waals surface area contributed by atoms with Crippen molar-refractivity contribution >= 4 is 50.3 Å². The molecule has 11 nitrogen and oxygen atoms in total. The normalized spacial score (nSPS) is 16.9. The van der Waals surface area contributed by atoms with Gasteiger partial charge in [-0.15, -0.1) is 0 Å². The third kappa shape index (κ3) is 8.78. The zero-order valence-corrected chi connectivity index (χ0v) is 30.2. The number of benzene rings is 3. The number of carboxylic acid groups (broad SMARTS) is 1. The highest BCUT2D eigenvalue weighted by molar-refractivity contribution is 9.10. The van der Waals surface area contributed by atoms with Gasteiger partial charge in [-0.1, -0.05) is 41.9 Å². The molecule has 3 heterocycles. The van der Waals surface area contributed by atoms with E-state index in [1.54, 1.807) is 12.1 Å². The van der Waals surface area contributed by atoms with Crippen molar-refractivity contribution < 1.29 is 29.3 Å². The van der Waals surface area contributed by atoms with Crippen LogP contribution in [0.25, 0.3) is 22.0 Å². The van der Waals surface area contributed by atoms with Gasteiger partial charge in [-0.2, -0.15) is 5.10 Å². The lowest BCUT2D eigenvalue weighted by atomic mass is 10.00. The molecule has 0 saturated carbocycles. The molecule has 0 radical (unpaired) electrons. The third-order valence-electron chi connectivity index (χ3n) is 9.39. The van der Waals surface area contributed by atoms with E-state index in [4.69, 9.17) is 26.2 Å². The number of unbranched alkanes of at least 4 members (excludes halogenated alkanes) is 1. The highest BCUT2D eigenvalue weighted by atomic mass is 79.9. The Labute approximate surface area is 305 Å². The predicted octanol–water partition coefficient (Wildman–Crippen LogP) is 5.77. The number of carboxylic acids is 1. The summed E-state index contributed by atoms with van der Waals surface area (Å²) in [5.41, 5.74) is 4.72. The van der Waals surface area contributed by atoms with E-state index >= 15 is 0 Å². The lowest BCUT2D eigenvalue weighted by Crippen LogP contribution is -2.39. The van der Waals surface area contributed by atoms with Crippen LogP contribution in [0.15, 0.2) is 59.2 Å². The monoisotopic (exact) mass is 767 g/mol. The molecule has 6 rings (SSSR count). The number of rotatable bonds is 17. The minimum Gasteiger partial charge on any atom is -0.491 e. The number of fused-ring (bicyclic) bond motifs is 1. The summed E-state index contributed by atoms with van der Waals surface area (Å²) in [5, 5.41) is 30.7. The van der Waals surface area contributed by atoms with Gasteiger partial charge in [0.15, 0.2) is 0 Å². The van der Waals surface area contributed by atoms with Crippen molar-refractivity contribution in [3.8, 4) is 22.6 Å². The standard InChI is InChI=1S/C37H43BrClN5O6/c38-36-24(7-5-9-28(36)27-8-6-10-32-29(27)20-41-44(32)16-4-3-15-43-13-1-2-14-43)22-49-34-18-33(50-23-26-11-12-35(46)42-26)25(17-30(34)39)19-40-31(21-45)37(47)48/h5-10,17-18,20,26,31,40,45H,1-4,11-16,19,21-23H2,(H,42,46)(H,47,48). The average molecular weight is 769 g/mol. The quantitative estimate of drug-likeness (QED) is 0.0988. The molecule has 2 aliphatic heterocycles. The number of amides is 1. The van der Waals surface area contributed by atoms with Crippen LogP contribution in [0, 0.1) is 0 Å². The number of ether oxygens (including phenoxy) is 2. The zero-order valence-electron chi connectivity index (χ0n) is 27.9. The molecule has 2 fully saturated rings. The number of nitrogens with zero attached hydrogens (tertiary/aromatic N) is 3. The van der Waals surface area contributed by atoms with Crippen molar-refractivity contribution in [1.82, 2.24) is 25.3 Å². The Morgan fingerprint density at radius 2 is 1.84 bits per heavy atom. The third-order valence-corrected chi connectivity index (χ3v) is 10.6. The van der Waals surface area contributed by atoms with Crippen LogP contribution in [-0.2, 0) is 29.3 Å². The second-order valence-electron chi connectivity index (χ2n) is 12.9. The Morgan fingerprint density at radius 3 is 2.60 bits per heavy atom. The van der Waals surface area contributed by atoms with Crippen LogP contribution < -0.4 is 20.1 Å². The van der Waals surface area contributed by atoms with Gasteiger partial charge < -0.3 is 29.9 Å². The van der Waals surface area contributed by atoms with Crippen LogP contribution in [0.5, 0.6) is 11.5 Å². The number of aliphatic carboxylic acids is 1. The van der Waals surface area contributed by atoms with Crippen molar-refractivity contribution in [2.75, 3.05) is 32.8 Å². The second kappa shape index (κ2) is 17.0. The van der Waals surface area contributed by atoms with Crippen molar-refractivity contribution in [2.45, 2.75) is 70.3 Å². The lowest BCUT2D eigenvalue weighted by molar-refractivity contribution is -0.140. The Kier molecular flexibility index (Phi) is 12.3. The number of carbonyl (C=O) groups is 2. The Morgan fingerprint density at radius 1 is 1.06 bits per heavy atom. The first kappa shape index (κ1) is 36.1. The molecule has 2 atom stereocenters. The average Bonchev–Trinajstić information content (AvgIpc) is 3.88. The maximum absolute atomic E-state index is 11.7. The smallest absolute Gasteiger partial charge is 0.323 e. The SMILES string of the molecule is O=C1CCC(COc2cc(OCc3cccc(-c4cccc5c4cnn5CCCCN4CCCC4)c3Br)c(Cl)cc2CNC(CO)C(=O)O)N1. The number of hydrogen-bond donors (Lipinski definition) is 4. The van der Waals surface area contributed by atoms with Gasteiger partial charge in [0.05, 0.1) is 29.4 Å². The summed E-state index contributed by atoms with van der Waals surface area (Å²) < 4.78 is 15.4. The minimum atomic E-state index is -1.17. The molecule has 2 aliphatic rings. The van der Waals surface area contributed by atoms with E-state index in [-0.39, 0.29) is 31.7 Å². The fraction of sp³-hybridized carbons (Fsp3) is 0.432. The molecule has 2 unspecified atom stereocenters. The molecule has 1 aromatic heterocycles. The van der Waals surface area contributed by atoms with Crippen molar-refractivity contribution in [2.24, 2.45) is 0 Å². The van der Waals surface area contributed by atoms with Gasteiger partial charge in [-0.05, 0) is 90.9 Å². The topological polar surface area (TPSA) is 138 Å². The Hall–Kier alpha value is -3.68. The number of hydrogen-bond acceptors (Lipinski definition) is 8.